The van der Waals surface area contributed by atoms with Crippen molar-refractivity contribution in [3.05, 3.63) is 90.7 Å². The highest BCUT2D eigenvalue weighted by Crippen LogP contribution is 2.27. The smallest absolute Gasteiger partial charge is 0.262 e. The van der Waals surface area contributed by atoms with E-state index in [-0.39, 0.29) is 18.3 Å². The number of fused-ring (bicyclic) bond motifs is 1. The first-order chi connectivity index (χ1) is 16.7. The lowest BCUT2D eigenvalue weighted by Crippen LogP contribution is -2.46. The van der Waals surface area contributed by atoms with Gasteiger partial charge in [0.15, 0.2) is 6.61 Å². The summed E-state index contributed by atoms with van der Waals surface area (Å²) in [4.78, 5) is 21.8. The molecule has 34 heavy (non-hydrogen) atoms. The molecular formula is C27H25FN4O2. The van der Waals surface area contributed by atoms with Gasteiger partial charge in [0.1, 0.15) is 22.9 Å². The number of aromatic nitrogens is 1. The van der Waals surface area contributed by atoms with Gasteiger partial charge in [-0.25, -0.2) is 9.37 Å². The molecule has 6 nitrogen and oxygen atoms in total. The van der Waals surface area contributed by atoms with E-state index in [1.165, 1.54) is 30.0 Å². The van der Waals surface area contributed by atoms with E-state index in [0.717, 1.165) is 42.9 Å². The number of amides is 1. The van der Waals surface area contributed by atoms with Gasteiger partial charge in [0.25, 0.3) is 5.91 Å². The number of hydrogen-bond donors (Lipinski definition) is 1. The SMILES string of the molecule is O=C(COc1cccc2ccc(N3CCN(c4ccccc4)CC3)nc12)Nc1ccc(F)cc1. The Morgan fingerprint density at radius 1 is 0.853 bits per heavy atom. The first-order valence-electron chi connectivity index (χ1n) is 11.3. The largest absolute Gasteiger partial charge is 0.481 e. The molecule has 1 amide bonds. The Labute approximate surface area is 197 Å². The molecule has 1 saturated heterocycles. The Morgan fingerprint density at radius 2 is 1.59 bits per heavy atom. The maximum absolute atomic E-state index is 13.1. The van der Waals surface area contributed by atoms with Crippen molar-refractivity contribution in [2.45, 2.75) is 0 Å². The van der Waals surface area contributed by atoms with Crippen LogP contribution in [0.25, 0.3) is 10.9 Å². The second-order valence-corrected chi connectivity index (χ2v) is 8.15. The average Bonchev–Trinajstić information content (AvgIpc) is 2.89. The summed E-state index contributed by atoms with van der Waals surface area (Å²) in [5.41, 5.74) is 2.48. The number of pyridine rings is 1. The highest BCUT2D eigenvalue weighted by Gasteiger charge is 2.19. The van der Waals surface area contributed by atoms with Gasteiger partial charge in [-0.1, -0.05) is 30.3 Å². The van der Waals surface area contributed by atoms with Gasteiger partial charge in [-0.2, -0.15) is 0 Å². The zero-order chi connectivity index (χ0) is 23.3. The Morgan fingerprint density at radius 3 is 2.35 bits per heavy atom. The predicted octanol–water partition coefficient (Wildman–Crippen LogP) is 4.72. The minimum atomic E-state index is -0.353. The second kappa shape index (κ2) is 9.79. The average molecular weight is 457 g/mol. The molecule has 1 aromatic heterocycles. The third-order valence-electron chi connectivity index (χ3n) is 5.88. The Hall–Kier alpha value is -4.13. The van der Waals surface area contributed by atoms with Crippen LogP contribution in [0.5, 0.6) is 5.75 Å². The van der Waals surface area contributed by atoms with Gasteiger partial charge in [0.05, 0.1) is 0 Å². The Kier molecular flexibility index (Phi) is 6.25. The molecule has 4 aromatic rings. The number of carbonyl (C=O) groups is 1. The summed E-state index contributed by atoms with van der Waals surface area (Å²) in [6.07, 6.45) is 0. The number of benzene rings is 3. The molecule has 1 fully saturated rings. The number of nitrogens with zero attached hydrogens (tertiary/aromatic N) is 3. The van der Waals surface area contributed by atoms with Crippen molar-refractivity contribution >= 4 is 34.0 Å². The summed E-state index contributed by atoms with van der Waals surface area (Å²) < 4.78 is 18.9. The van der Waals surface area contributed by atoms with Crippen molar-refractivity contribution in [3.8, 4) is 5.75 Å². The number of piperazine rings is 1. The standard InChI is InChI=1S/C27H25FN4O2/c28-21-10-12-22(13-11-21)29-26(33)19-34-24-8-4-5-20-9-14-25(30-27(20)24)32-17-15-31(16-18-32)23-6-2-1-3-7-23/h1-14H,15-19H2,(H,29,33). The molecule has 0 atom stereocenters. The van der Waals surface area contributed by atoms with Crippen LogP contribution in [0.4, 0.5) is 21.6 Å². The minimum Gasteiger partial charge on any atom is -0.481 e. The highest BCUT2D eigenvalue weighted by atomic mass is 19.1. The summed E-state index contributed by atoms with van der Waals surface area (Å²) in [7, 11) is 0. The summed E-state index contributed by atoms with van der Waals surface area (Å²) in [6, 6.07) is 25.8. The molecule has 1 N–H and O–H groups in total. The van der Waals surface area contributed by atoms with Gasteiger partial charge in [0.2, 0.25) is 0 Å². The van der Waals surface area contributed by atoms with Crippen molar-refractivity contribution in [3.63, 3.8) is 0 Å². The number of anilines is 3. The van der Waals surface area contributed by atoms with E-state index in [9.17, 15) is 9.18 Å². The quantitative estimate of drug-likeness (QED) is 0.455. The number of halogens is 1. The molecule has 0 unspecified atom stereocenters. The molecule has 0 bridgehead atoms. The fraction of sp³-hybridized carbons (Fsp3) is 0.185. The number of carbonyl (C=O) groups excluding carboxylic acids is 1. The van der Waals surface area contributed by atoms with Crippen molar-refractivity contribution in [1.82, 2.24) is 4.98 Å². The maximum Gasteiger partial charge on any atom is 0.262 e. The third kappa shape index (κ3) is 4.93. The Balaban J connectivity index is 1.26. The molecule has 7 heteroatoms. The van der Waals surface area contributed by atoms with Crippen LogP contribution >= 0.6 is 0 Å². The second-order valence-electron chi connectivity index (χ2n) is 8.15. The summed E-state index contributed by atoms with van der Waals surface area (Å²) in [6.45, 7) is 3.42. The first kappa shape index (κ1) is 21.7. The number of rotatable bonds is 6. The molecule has 5 rings (SSSR count). The summed E-state index contributed by atoms with van der Waals surface area (Å²) in [5, 5.41) is 3.65. The lowest BCUT2D eigenvalue weighted by Gasteiger charge is -2.36. The number of para-hydroxylation sites is 2. The van der Waals surface area contributed by atoms with Crippen molar-refractivity contribution in [2.75, 3.05) is 47.9 Å². The predicted molar refractivity (Wildman–Crippen MR) is 133 cm³/mol. The van der Waals surface area contributed by atoms with Gasteiger partial charge in [0, 0.05) is 42.9 Å². The van der Waals surface area contributed by atoms with Crippen molar-refractivity contribution < 1.29 is 13.9 Å². The fourth-order valence-corrected chi connectivity index (χ4v) is 4.11. The van der Waals surface area contributed by atoms with Crippen LogP contribution in [0.3, 0.4) is 0 Å². The van der Waals surface area contributed by atoms with Gasteiger partial charge >= 0.3 is 0 Å². The van der Waals surface area contributed by atoms with E-state index < -0.39 is 0 Å². The van der Waals surface area contributed by atoms with E-state index in [1.807, 2.05) is 36.4 Å². The van der Waals surface area contributed by atoms with E-state index in [2.05, 4.69) is 39.4 Å². The van der Waals surface area contributed by atoms with Crippen LogP contribution in [0, 0.1) is 5.82 Å². The van der Waals surface area contributed by atoms with Crippen LogP contribution in [-0.4, -0.2) is 43.7 Å². The molecule has 172 valence electrons. The van der Waals surface area contributed by atoms with Crippen LogP contribution in [0.15, 0.2) is 84.9 Å². The van der Waals surface area contributed by atoms with E-state index in [4.69, 9.17) is 9.72 Å². The summed E-state index contributed by atoms with van der Waals surface area (Å²) in [5.74, 6) is 0.772. The normalized spacial score (nSPS) is 13.7. The fourth-order valence-electron chi connectivity index (χ4n) is 4.11. The van der Waals surface area contributed by atoms with E-state index in [0.29, 0.717) is 11.4 Å². The number of ether oxygens (including phenoxy) is 1. The molecule has 0 radical (unpaired) electrons. The third-order valence-corrected chi connectivity index (χ3v) is 5.88. The monoisotopic (exact) mass is 456 g/mol. The molecule has 3 aromatic carbocycles. The van der Waals surface area contributed by atoms with Crippen LogP contribution < -0.4 is 19.9 Å². The lowest BCUT2D eigenvalue weighted by atomic mass is 10.2. The van der Waals surface area contributed by atoms with Gasteiger partial charge in [-0.3, -0.25) is 4.79 Å². The van der Waals surface area contributed by atoms with Crippen LogP contribution in [0.1, 0.15) is 0 Å². The molecule has 1 aliphatic heterocycles. The molecule has 0 aliphatic carbocycles. The van der Waals surface area contributed by atoms with Gasteiger partial charge in [-0.15, -0.1) is 0 Å². The lowest BCUT2D eigenvalue weighted by molar-refractivity contribution is -0.118. The minimum absolute atomic E-state index is 0.169. The number of nitrogens with one attached hydrogen (secondary N) is 1. The van der Waals surface area contributed by atoms with E-state index in [1.54, 1.807) is 0 Å². The molecule has 1 aliphatic rings. The summed E-state index contributed by atoms with van der Waals surface area (Å²) >= 11 is 0. The van der Waals surface area contributed by atoms with Crippen LogP contribution in [0.2, 0.25) is 0 Å². The topological polar surface area (TPSA) is 57.7 Å². The van der Waals surface area contributed by atoms with Crippen molar-refractivity contribution in [2.24, 2.45) is 0 Å². The van der Waals surface area contributed by atoms with Gasteiger partial charge in [-0.05, 0) is 54.6 Å². The van der Waals surface area contributed by atoms with E-state index >= 15 is 0 Å². The highest BCUT2D eigenvalue weighted by molar-refractivity contribution is 5.92. The molecule has 2 heterocycles. The first-order valence-corrected chi connectivity index (χ1v) is 11.3. The molecule has 0 spiro atoms. The number of hydrogen-bond acceptors (Lipinski definition) is 5. The van der Waals surface area contributed by atoms with Crippen LogP contribution in [-0.2, 0) is 4.79 Å². The van der Waals surface area contributed by atoms with Crippen molar-refractivity contribution in [1.29, 1.82) is 0 Å². The molecule has 0 saturated carbocycles. The maximum atomic E-state index is 13.1. The Bertz CT molecular complexity index is 1270. The molecular weight excluding hydrogens is 431 g/mol. The zero-order valence-electron chi connectivity index (χ0n) is 18.7. The zero-order valence-corrected chi connectivity index (χ0v) is 18.7. The van der Waals surface area contributed by atoms with Gasteiger partial charge < -0.3 is 19.9 Å².